The Morgan fingerprint density at radius 2 is 2.33 bits per heavy atom. The summed E-state index contributed by atoms with van der Waals surface area (Å²) in [6, 6.07) is 0. The lowest BCUT2D eigenvalue weighted by atomic mass is 9.89. The van der Waals surface area contributed by atoms with Gasteiger partial charge in [0.25, 0.3) is 5.56 Å². The summed E-state index contributed by atoms with van der Waals surface area (Å²) >= 11 is 2.97. The monoisotopic (exact) mass is 405 g/mol. The highest BCUT2D eigenvalue weighted by molar-refractivity contribution is 7.99. The number of fused-ring (bicyclic) bond motifs is 3. The molecule has 0 aliphatic heterocycles. The first-order valence-electron chi connectivity index (χ1n) is 9.60. The highest BCUT2D eigenvalue weighted by atomic mass is 32.2. The van der Waals surface area contributed by atoms with Crippen LogP contribution in [0.3, 0.4) is 0 Å². The third-order valence-corrected chi connectivity index (χ3v) is 7.00. The lowest BCUT2D eigenvalue weighted by Crippen LogP contribution is -2.27. The van der Waals surface area contributed by atoms with Gasteiger partial charge in [-0.05, 0) is 37.2 Å². The van der Waals surface area contributed by atoms with E-state index >= 15 is 0 Å². The number of thioether (sulfide) groups is 1. The maximum atomic E-state index is 13.2. The number of aromatic nitrogens is 2. The van der Waals surface area contributed by atoms with Crippen LogP contribution >= 0.6 is 23.1 Å². The molecule has 1 aliphatic rings. The summed E-state index contributed by atoms with van der Waals surface area (Å²) in [4.78, 5) is 32.1. The normalized spacial score (nSPS) is 16.3. The molecule has 146 valence electrons. The molecule has 2 aromatic heterocycles. The Kier molecular flexibility index (Phi) is 6.76. The third-order valence-electron chi connectivity index (χ3n) is 4.88. The van der Waals surface area contributed by atoms with E-state index in [1.54, 1.807) is 22.0 Å². The number of unbranched alkanes of at least 4 members (excludes halogenated alkanes) is 1. The average Bonchev–Trinajstić information content (AvgIpc) is 3.00. The number of amides is 1. The van der Waals surface area contributed by atoms with Crippen molar-refractivity contribution in [2.24, 2.45) is 5.92 Å². The SMILES string of the molecule is C=CCn1c(SCC(=O)NCCCC)nc2sc3c(c2c1=O)CCC(C)C3. The molecule has 0 aromatic carbocycles. The molecule has 1 atom stereocenters. The highest BCUT2D eigenvalue weighted by Gasteiger charge is 2.24. The summed E-state index contributed by atoms with van der Waals surface area (Å²) in [6.07, 6.45) is 6.83. The Morgan fingerprint density at radius 1 is 1.52 bits per heavy atom. The summed E-state index contributed by atoms with van der Waals surface area (Å²) < 4.78 is 1.66. The van der Waals surface area contributed by atoms with E-state index in [0.717, 1.165) is 42.3 Å². The number of nitrogens with zero attached hydrogens (tertiary/aromatic N) is 2. The van der Waals surface area contributed by atoms with E-state index in [1.165, 1.54) is 22.2 Å². The van der Waals surface area contributed by atoms with Crippen molar-refractivity contribution in [1.82, 2.24) is 14.9 Å². The molecule has 27 heavy (non-hydrogen) atoms. The van der Waals surface area contributed by atoms with Gasteiger partial charge >= 0.3 is 0 Å². The quantitative estimate of drug-likeness (QED) is 0.314. The van der Waals surface area contributed by atoms with Crippen LogP contribution in [0, 0.1) is 5.92 Å². The third kappa shape index (κ3) is 4.46. The van der Waals surface area contributed by atoms with Crippen LogP contribution in [0.2, 0.25) is 0 Å². The second-order valence-electron chi connectivity index (χ2n) is 7.12. The van der Waals surface area contributed by atoms with Gasteiger partial charge in [-0.3, -0.25) is 14.2 Å². The minimum Gasteiger partial charge on any atom is -0.355 e. The first kappa shape index (κ1) is 20.1. The minimum absolute atomic E-state index is 0.000782. The van der Waals surface area contributed by atoms with Crippen molar-refractivity contribution in [1.29, 1.82) is 0 Å². The molecular weight excluding hydrogens is 378 g/mol. The highest BCUT2D eigenvalue weighted by Crippen LogP contribution is 2.36. The Morgan fingerprint density at radius 3 is 3.07 bits per heavy atom. The molecule has 0 saturated heterocycles. The molecule has 0 spiro atoms. The number of nitrogens with one attached hydrogen (secondary N) is 1. The summed E-state index contributed by atoms with van der Waals surface area (Å²) in [6.45, 7) is 9.22. The fraction of sp³-hybridized carbons (Fsp3) is 0.550. The van der Waals surface area contributed by atoms with Gasteiger partial charge in [0.15, 0.2) is 5.16 Å². The van der Waals surface area contributed by atoms with Gasteiger partial charge in [-0.2, -0.15) is 0 Å². The van der Waals surface area contributed by atoms with E-state index in [2.05, 4.69) is 25.7 Å². The molecule has 2 aromatic rings. The van der Waals surface area contributed by atoms with Gasteiger partial charge in [0.2, 0.25) is 5.91 Å². The molecule has 2 heterocycles. The maximum Gasteiger partial charge on any atom is 0.263 e. The number of hydrogen-bond acceptors (Lipinski definition) is 5. The Hall–Kier alpha value is -1.60. The van der Waals surface area contributed by atoms with E-state index in [1.807, 2.05) is 0 Å². The van der Waals surface area contributed by atoms with Crippen molar-refractivity contribution >= 4 is 39.2 Å². The predicted molar refractivity (Wildman–Crippen MR) is 114 cm³/mol. The van der Waals surface area contributed by atoms with Crippen LogP contribution in [0.25, 0.3) is 10.2 Å². The average molecular weight is 406 g/mol. The Labute approximate surface area is 168 Å². The number of carbonyl (C=O) groups is 1. The zero-order valence-electron chi connectivity index (χ0n) is 16.0. The molecule has 1 N–H and O–H groups in total. The van der Waals surface area contributed by atoms with Crippen molar-refractivity contribution in [3.05, 3.63) is 33.4 Å². The Bertz CT molecular complexity index is 901. The van der Waals surface area contributed by atoms with Gasteiger partial charge in [-0.1, -0.05) is 38.1 Å². The van der Waals surface area contributed by atoms with Crippen molar-refractivity contribution < 1.29 is 4.79 Å². The zero-order valence-corrected chi connectivity index (χ0v) is 17.7. The van der Waals surface area contributed by atoms with Crippen LogP contribution in [0.5, 0.6) is 0 Å². The number of allylic oxidation sites excluding steroid dienone is 1. The largest absolute Gasteiger partial charge is 0.355 e. The molecule has 0 saturated carbocycles. The molecule has 0 fully saturated rings. The van der Waals surface area contributed by atoms with Crippen LogP contribution in [0.4, 0.5) is 0 Å². The van der Waals surface area contributed by atoms with E-state index in [9.17, 15) is 9.59 Å². The molecule has 5 nitrogen and oxygen atoms in total. The van der Waals surface area contributed by atoms with Crippen molar-refractivity contribution in [3.63, 3.8) is 0 Å². The lowest BCUT2D eigenvalue weighted by molar-refractivity contribution is -0.118. The van der Waals surface area contributed by atoms with Crippen LogP contribution in [-0.4, -0.2) is 27.8 Å². The van der Waals surface area contributed by atoms with Crippen molar-refractivity contribution in [2.75, 3.05) is 12.3 Å². The van der Waals surface area contributed by atoms with Gasteiger partial charge in [-0.25, -0.2) is 4.98 Å². The second kappa shape index (κ2) is 9.06. The molecule has 0 bridgehead atoms. The molecule has 1 amide bonds. The van der Waals surface area contributed by atoms with E-state index in [4.69, 9.17) is 4.98 Å². The summed E-state index contributed by atoms with van der Waals surface area (Å²) in [5.74, 6) is 0.898. The fourth-order valence-corrected chi connectivity index (χ4v) is 5.65. The van der Waals surface area contributed by atoms with Gasteiger partial charge in [0.1, 0.15) is 4.83 Å². The molecular formula is C20H27N3O2S2. The summed E-state index contributed by atoms with van der Waals surface area (Å²) in [5.41, 5.74) is 1.19. The number of hydrogen-bond donors (Lipinski definition) is 1. The summed E-state index contributed by atoms with van der Waals surface area (Å²) in [5, 5.41) is 4.29. The van der Waals surface area contributed by atoms with Crippen LogP contribution < -0.4 is 10.9 Å². The Balaban J connectivity index is 1.90. The number of aryl methyl sites for hydroxylation is 1. The van der Waals surface area contributed by atoms with Crippen LogP contribution in [0.1, 0.15) is 43.6 Å². The van der Waals surface area contributed by atoms with Crippen molar-refractivity contribution in [2.45, 2.75) is 57.7 Å². The maximum absolute atomic E-state index is 13.2. The van der Waals surface area contributed by atoms with Crippen molar-refractivity contribution in [3.8, 4) is 0 Å². The van der Waals surface area contributed by atoms with Gasteiger partial charge in [0.05, 0.1) is 11.1 Å². The van der Waals surface area contributed by atoms with Crippen LogP contribution in [0.15, 0.2) is 22.6 Å². The second-order valence-corrected chi connectivity index (χ2v) is 9.15. The number of thiophene rings is 1. The topological polar surface area (TPSA) is 64.0 Å². The first-order valence-corrected chi connectivity index (χ1v) is 11.4. The molecule has 3 rings (SSSR count). The molecule has 0 radical (unpaired) electrons. The molecule has 1 unspecified atom stereocenters. The number of carbonyl (C=O) groups excluding carboxylic acids is 1. The van der Waals surface area contributed by atoms with Gasteiger partial charge in [0, 0.05) is 18.0 Å². The fourth-order valence-electron chi connectivity index (χ4n) is 3.39. The molecule has 1 aliphatic carbocycles. The minimum atomic E-state index is -0.0211. The van der Waals surface area contributed by atoms with E-state index < -0.39 is 0 Å². The van der Waals surface area contributed by atoms with Crippen LogP contribution in [-0.2, 0) is 24.2 Å². The standard InChI is InChI=1S/C20H27N3O2S2/c1-4-6-9-21-16(24)12-26-20-22-18-17(19(25)23(20)10-5-2)14-8-7-13(3)11-15(14)27-18/h5,13H,2,4,6-12H2,1,3H3,(H,21,24). The van der Waals surface area contributed by atoms with Gasteiger partial charge < -0.3 is 5.32 Å². The molecule has 7 heteroatoms. The zero-order chi connectivity index (χ0) is 19.4. The van der Waals surface area contributed by atoms with E-state index in [-0.39, 0.29) is 17.2 Å². The van der Waals surface area contributed by atoms with Gasteiger partial charge in [-0.15, -0.1) is 17.9 Å². The first-order chi connectivity index (χ1) is 13.0. The lowest BCUT2D eigenvalue weighted by Gasteiger charge is -2.17. The predicted octanol–water partition coefficient (Wildman–Crippen LogP) is 3.78. The smallest absolute Gasteiger partial charge is 0.263 e. The number of rotatable bonds is 8. The summed E-state index contributed by atoms with van der Waals surface area (Å²) in [7, 11) is 0. The van der Waals surface area contributed by atoms with E-state index in [0.29, 0.717) is 24.2 Å².